The van der Waals surface area contributed by atoms with E-state index in [9.17, 15) is 14.7 Å². The van der Waals surface area contributed by atoms with Crippen LogP contribution >= 0.6 is 22.9 Å². The number of thiazole rings is 1. The van der Waals surface area contributed by atoms with E-state index < -0.39 is 11.6 Å². The van der Waals surface area contributed by atoms with E-state index in [1.807, 2.05) is 0 Å². The van der Waals surface area contributed by atoms with Gasteiger partial charge >= 0.3 is 0 Å². The van der Waals surface area contributed by atoms with Crippen LogP contribution in [0.25, 0.3) is 0 Å². The summed E-state index contributed by atoms with van der Waals surface area (Å²) in [6.07, 6.45) is 4.14. The quantitative estimate of drug-likeness (QED) is 0.343. The lowest BCUT2D eigenvalue weighted by Crippen LogP contribution is -2.44. The predicted octanol–water partition coefficient (Wildman–Crippen LogP) is 3.05. The molecule has 4 heterocycles. The molecule has 1 spiro atoms. The maximum Gasteiger partial charge on any atom is 0.203 e. The highest BCUT2D eigenvalue weighted by Gasteiger charge is 2.58. The summed E-state index contributed by atoms with van der Waals surface area (Å²) >= 11 is 6.83. The maximum absolute atomic E-state index is 14.6. The number of hydrogen-bond acceptors (Lipinski definition) is 11. The summed E-state index contributed by atoms with van der Waals surface area (Å²) in [6, 6.07) is 2.21. The van der Waals surface area contributed by atoms with Crippen LogP contribution in [0.1, 0.15) is 19.3 Å². The first-order valence-electron chi connectivity index (χ1n) is 10.2. The standard InChI is InChI=1S/C19H23ClFN5O5S/c20-16-8-22-17(32-16)24-26(28)31-15-7-14(27)13(6-12(15)21)23-10-18-2-1-3-25(18)11-19(9-18)29-4-5-30-19/h6-8,23,27-28H,1-5,9-11H2,(H,22,24). The van der Waals surface area contributed by atoms with Gasteiger partial charge in [0.05, 0.1) is 37.0 Å². The zero-order valence-electron chi connectivity index (χ0n) is 17.0. The van der Waals surface area contributed by atoms with Crippen molar-refractivity contribution in [2.75, 3.05) is 43.6 Å². The third kappa shape index (κ3) is 4.19. The first kappa shape index (κ1) is 21.9. The van der Waals surface area contributed by atoms with Crippen LogP contribution in [0.2, 0.25) is 4.34 Å². The summed E-state index contributed by atoms with van der Waals surface area (Å²) in [5.41, 5.74) is 2.43. The second-order valence-corrected chi connectivity index (χ2v) is 9.79. The van der Waals surface area contributed by atoms with Gasteiger partial charge in [-0.05, 0) is 19.4 Å². The van der Waals surface area contributed by atoms with Gasteiger partial charge in [-0.3, -0.25) is 10.1 Å². The molecule has 1 unspecified atom stereocenters. The second kappa shape index (κ2) is 8.45. The van der Waals surface area contributed by atoms with Crippen LogP contribution in [-0.4, -0.2) is 69.7 Å². The van der Waals surface area contributed by atoms with E-state index in [2.05, 4.69) is 20.6 Å². The van der Waals surface area contributed by atoms with Gasteiger partial charge in [0.25, 0.3) is 0 Å². The molecule has 0 amide bonds. The molecule has 174 valence electrons. The molecule has 0 saturated carbocycles. The Kier molecular flexibility index (Phi) is 5.78. The van der Waals surface area contributed by atoms with Gasteiger partial charge in [-0.25, -0.2) is 14.8 Å². The second-order valence-electron chi connectivity index (χ2n) is 8.13. The number of aromatic hydroxyl groups is 1. The summed E-state index contributed by atoms with van der Waals surface area (Å²) < 4.78 is 26.8. The van der Waals surface area contributed by atoms with Crippen LogP contribution in [0.15, 0.2) is 18.3 Å². The third-order valence-corrected chi connectivity index (χ3v) is 7.12. The summed E-state index contributed by atoms with van der Waals surface area (Å²) in [7, 11) is 0. The molecule has 0 radical (unpaired) electrons. The van der Waals surface area contributed by atoms with Crippen molar-refractivity contribution in [2.45, 2.75) is 30.6 Å². The summed E-state index contributed by atoms with van der Waals surface area (Å²) in [4.78, 5) is 11.2. The van der Waals surface area contributed by atoms with Crippen molar-refractivity contribution in [3.05, 3.63) is 28.5 Å². The summed E-state index contributed by atoms with van der Waals surface area (Å²) in [6.45, 7) is 3.36. The molecule has 1 aromatic carbocycles. The van der Waals surface area contributed by atoms with Crippen molar-refractivity contribution < 1.29 is 29.0 Å². The molecule has 3 aliphatic rings. The summed E-state index contributed by atoms with van der Waals surface area (Å²) in [5, 5.41) is 23.9. The molecule has 3 fully saturated rings. The number of ether oxygens (including phenoxy) is 2. The highest BCUT2D eigenvalue weighted by atomic mass is 35.5. The number of aromatic nitrogens is 1. The number of hydrazine groups is 1. The number of nitrogens with zero attached hydrogens (tertiary/aromatic N) is 3. The topological polar surface area (TPSA) is 112 Å². The molecule has 2 aromatic rings. The van der Waals surface area contributed by atoms with Crippen LogP contribution < -0.4 is 15.6 Å². The zero-order valence-corrected chi connectivity index (χ0v) is 18.6. The van der Waals surface area contributed by atoms with Crippen molar-refractivity contribution in [1.29, 1.82) is 0 Å². The van der Waals surface area contributed by atoms with Crippen LogP contribution in [-0.2, 0) is 9.47 Å². The molecule has 13 heteroatoms. The molecular formula is C19H23ClFN5O5S. The van der Waals surface area contributed by atoms with Crippen molar-refractivity contribution in [3.8, 4) is 11.5 Å². The maximum atomic E-state index is 14.6. The van der Waals surface area contributed by atoms with Gasteiger partial charge in [-0.1, -0.05) is 22.9 Å². The lowest BCUT2D eigenvalue weighted by molar-refractivity contribution is -0.263. The lowest BCUT2D eigenvalue weighted by atomic mass is 9.92. The molecule has 3 saturated heterocycles. The molecule has 32 heavy (non-hydrogen) atoms. The fourth-order valence-electron chi connectivity index (χ4n) is 4.76. The first-order chi connectivity index (χ1) is 15.4. The van der Waals surface area contributed by atoms with Gasteiger partial charge in [-0.15, -0.1) is 0 Å². The Morgan fingerprint density at radius 2 is 2.19 bits per heavy atom. The molecule has 1 aromatic heterocycles. The highest BCUT2D eigenvalue weighted by Crippen LogP contribution is 2.47. The predicted molar refractivity (Wildman–Crippen MR) is 114 cm³/mol. The van der Waals surface area contributed by atoms with Crippen molar-refractivity contribution >= 4 is 33.8 Å². The smallest absolute Gasteiger partial charge is 0.203 e. The SMILES string of the molecule is Oc1cc(ON(O)Nc2ncc(Cl)s2)c(F)cc1NCC12CCCN1CC1(C2)OCCO1. The van der Waals surface area contributed by atoms with Crippen molar-refractivity contribution in [1.82, 2.24) is 15.2 Å². The van der Waals surface area contributed by atoms with Crippen LogP contribution in [0.3, 0.4) is 0 Å². The normalized spacial score (nSPS) is 24.4. The monoisotopic (exact) mass is 487 g/mol. The molecule has 5 rings (SSSR count). The Morgan fingerprint density at radius 3 is 2.94 bits per heavy atom. The van der Waals surface area contributed by atoms with Gasteiger partial charge in [0.15, 0.2) is 17.4 Å². The van der Waals surface area contributed by atoms with Gasteiger partial charge < -0.3 is 24.7 Å². The Hall–Kier alpha value is -1.93. The molecule has 4 N–H and O–H groups in total. The van der Waals surface area contributed by atoms with Gasteiger partial charge in [0.2, 0.25) is 5.13 Å². The van der Waals surface area contributed by atoms with E-state index in [0.717, 1.165) is 49.3 Å². The Balaban J connectivity index is 1.24. The molecular weight excluding hydrogens is 465 g/mol. The average Bonchev–Trinajstić information content (AvgIpc) is 3.50. The van der Waals surface area contributed by atoms with Gasteiger partial charge in [-0.2, -0.15) is 0 Å². The number of hydrogen-bond donors (Lipinski definition) is 4. The lowest BCUT2D eigenvalue weighted by Gasteiger charge is -2.32. The molecule has 0 aliphatic carbocycles. The van der Waals surface area contributed by atoms with E-state index in [4.69, 9.17) is 25.9 Å². The van der Waals surface area contributed by atoms with E-state index in [1.165, 1.54) is 6.20 Å². The molecule has 1 atom stereocenters. The Labute approximate surface area is 192 Å². The first-order valence-corrected chi connectivity index (χ1v) is 11.4. The fourth-order valence-corrected chi connectivity index (χ4v) is 5.55. The number of fused-ring (bicyclic) bond motifs is 1. The molecule has 0 bridgehead atoms. The van der Waals surface area contributed by atoms with Crippen LogP contribution in [0.5, 0.6) is 11.5 Å². The summed E-state index contributed by atoms with van der Waals surface area (Å²) in [5.74, 6) is -1.92. The van der Waals surface area contributed by atoms with Crippen LogP contribution in [0, 0.1) is 5.82 Å². The van der Waals surface area contributed by atoms with E-state index in [-0.39, 0.29) is 33.2 Å². The minimum Gasteiger partial charge on any atom is -0.506 e. The largest absolute Gasteiger partial charge is 0.506 e. The third-order valence-electron chi connectivity index (χ3n) is 6.10. The van der Waals surface area contributed by atoms with Crippen LogP contribution in [0.4, 0.5) is 15.2 Å². The van der Waals surface area contributed by atoms with E-state index in [1.54, 1.807) is 0 Å². The minimum absolute atomic E-state index is 0.177. The molecule has 3 aliphatic heterocycles. The van der Waals surface area contributed by atoms with Crippen molar-refractivity contribution in [2.24, 2.45) is 0 Å². The number of anilines is 2. The minimum atomic E-state index is -0.769. The number of halogens is 2. The van der Waals surface area contributed by atoms with Gasteiger partial charge in [0, 0.05) is 30.6 Å². The van der Waals surface area contributed by atoms with Gasteiger partial charge in [0.1, 0.15) is 10.1 Å². The average molecular weight is 488 g/mol. The van der Waals surface area contributed by atoms with Crippen molar-refractivity contribution in [3.63, 3.8) is 0 Å². The fraction of sp³-hybridized carbons (Fsp3) is 0.526. The highest BCUT2D eigenvalue weighted by molar-refractivity contribution is 7.19. The Morgan fingerprint density at radius 1 is 1.38 bits per heavy atom. The number of phenols is 1. The molecule has 10 nitrogen and oxygen atoms in total. The van der Waals surface area contributed by atoms with E-state index >= 15 is 0 Å². The number of nitrogens with one attached hydrogen (secondary N) is 2. The number of benzene rings is 1. The number of rotatable bonds is 7. The number of phenolic OH excluding ortho intramolecular Hbond substituents is 1. The zero-order chi connectivity index (χ0) is 22.3. The Bertz CT molecular complexity index is 993. The van der Waals surface area contributed by atoms with E-state index in [0.29, 0.717) is 30.6 Å².